The van der Waals surface area contributed by atoms with Crippen LogP contribution in [0.25, 0.3) is 0 Å². The quantitative estimate of drug-likeness (QED) is 0.590. The van der Waals surface area contributed by atoms with E-state index < -0.39 is 10.0 Å². The van der Waals surface area contributed by atoms with Gasteiger partial charge in [-0.3, -0.25) is 0 Å². The van der Waals surface area contributed by atoms with Crippen LogP contribution in [0.2, 0.25) is 0 Å². The number of unbranched alkanes of at least 4 members (excludes halogenated alkanes) is 1. The summed E-state index contributed by atoms with van der Waals surface area (Å²) in [6.07, 6.45) is 1.57. The highest BCUT2D eigenvalue weighted by molar-refractivity contribution is 7.89. The minimum atomic E-state index is -3.27. The zero-order valence-corrected chi connectivity index (χ0v) is 11.6. The van der Waals surface area contributed by atoms with Crippen LogP contribution >= 0.6 is 11.6 Å². The summed E-state index contributed by atoms with van der Waals surface area (Å²) < 4.78 is 38.8. The van der Waals surface area contributed by atoms with Crippen molar-refractivity contribution < 1.29 is 12.8 Å². The van der Waals surface area contributed by atoms with Crippen LogP contribution in [0.1, 0.15) is 18.4 Å². The number of nitrogens with one attached hydrogen (secondary N) is 1. The third-order valence-electron chi connectivity index (χ3n) is 2.47. The Morgan fingerprint density at radius 1 is 1.22 bits per heavy atom. The average molecular weight is 294 g/mol. The first kappa shape index (κ1) is 15.4. The van der Waals surface area contributed by atoms with Crippen LogP contribution in [0, 0.1) is 5.82 Å². The van der Waals surface area contributed by atoms with Crippen LogP contribution in [-0.4, -0.2) is 26.6 Å². The zero-order chi connectivity index (χ0) is 13.4. The molecule has 3 nitrogen and oxygen atoms in total. The molecule has 1 aromatic rings. The standard InChI is InChI=1S/C12H17ClFNO2S/c13-8-3-4-10-18(16,17)15-9-7-11-5-1-2-6-12(11)14/h1-2,5-6,15H,3-4,7-10H2. The van der Waals surface area contributed by atoms with E-state index in [1.165, 1.54) is 6.07 Å². The Balaban J connectivity index is 2.35. The monoisotopic (exact) mass is 293 g/mol. The fraction of sp³-hybridized carbons (Fsp3) is 0.500. The highest BCUT2D eigenvalue weighted by Gasteiger charge is 2.09. The number of benzene rings is 1. The number of halogens is 2. The van der Waals surface area contributed by atoms with Crippen LogP contribution in [0.15, 0.2) is 24.3 Å². The molecule has 0 unspecified atom stereocenters. The van der Waals surface area contributed by atoms with Gasteiger partial charge < -0.3 is 0 Å². The first-order chi connectivity index (χ1) is 8.55. The molecule has 0 atom stereocenters. The molecule has 0 aliphatic carbocycles. The maximum absolute atomic E-state index is 13.3. The fourth-order valence-corrected chi connectivity index (χ4v) is 2.83. The summed E-state index contributed by atoms with van der Waals surface area (Å²) in [4.78, 5) is 0. The molecule has 0 saturated heterocycles. The van der Waals surface area contributed by atoms with E-state index in [0.29, 0.717) is 30.7 Å². The van der Waals surface area contributed by atoms with Crippen molar-refractivity contribution in [2.75, 3.05) is 18.2 Å². The van der Waals surface area contributed by atoms with Crippen LogP contribution in [0.4, 0.5) is 4.39 Å². The predicted octanol–water partition coefficient (Wildman–Crippen LogP) is 2.31. The van der Waals surface area contributed by atoms with Gasteiger partial charge in [0.1, 0.15) is 5.82 Å². The second-order valence-electron chi connectivity index (χ2n) is 3.95. The smallest absolute Gasteiger partial charge is 0.211 e. The molecule has 0 aliphatic heterocycles. The molecule has 6 heteroatoms. The predicted molar refractivity (Wildman–Crippen MR) is 71.8 cm³/mol. The van der Waals surface area contributed by atoms with Gasteiger partial charge in [0.15, 0.2) is 0 Å². The molecule has 0 fully saturated rings. The van der Waals surface area contributed by atoms with Crippen molar-refractivity contribution in [3.05, 3.63) is 35.6 Å². The molecule has 0 amide bonds. The molecule has 0 aromatic heterocycles. The van der Waals surface area contributed by atoms with Gasteiger partial charge in [0.25, 0.3) is 0 Å². The molecular weight excluding hydrogens is 277 g/mol. The van der Waals surface area contributed by atoms with Crippen LogP contribution in [0.5, 0.6) is 0 Å². The van der Waals surface area contributed by atoms with E-state index in [9.17, 15) is 12.8 Å². The van der Waals surface area contributed by atoms with Gasteiger partial charge in [0.2, 0.25) is 10.0 Å². The molecule has 0 radical (unpaired) electrons. The summed E-state index contributed by atoms with van der Waals surface area (Å²) in [6.45, 7) is 0.212. The van der Waals surface area contributed by atoms with Gasteiger partial charge in [-0.2, -0.15) is 0 Å². The van der Waals surface area contributed by atoms with Crippen LogP contribution in [0.3, 0.4) is 0 Å². The summed E-state index contributed by atoms with van der Waals surface area (Å²) in [6, 6.07) is 6.35. The highest BCUT2D eigenvalue weighted by Crippen LogP contribution is 2.06. The minimum Gasteiger partial charge on any atom is -0.215 e. The van der Waals surface area contributed by atoms with E-state index in [4.69, 9.17) is 11.6 Å². The third kappa shape index (κ3) is 5.80. The zero-order valence-electron chi connectivity index (χ0n) is 10.0. The maximum atomic E-state index is 13.3. The minimum absolute atomic E-state index is 0.0665. The van der Waals surface area contributed by atoms with Crippen LogP contribution < -0.4 is 4.72 Å². The summed E-state index contributed by atoms with van der Waals surface area (Å²) in [7, 11) is -3.27. The lowest BCUT2D eigenvalue weighted by molar-refractivity contribution is 0.574. The van der Waals surface area contributed by atoms with E-state index in [1.54, 1.807) is 18.2 Å². The second-order valence-corrected chi connectivity index (χ2v) is 6.26. The molecule has 0 heterocycles. The van der Waals surface area contributed by atoms with Crippen molar-refractivity contribution >= 4 is 21.6 Å². The molecule has 1 aromatic carbocycles. The normalized spacial score (nSPS) is 11.7. The van der Waals surface area contributed by atoms with Gasteiger partial charge in [0.05, 0.1) is 5.75 Å². The van der Waals surface area contributed by atoms with Crippen molar-refractivity contribution in [2.24, 2.45) is 0 Å². The van der Waals surface area contributed by atoms with Crippen molar-refractivity contribution in [3.63, 3.8) is 0 Å². The van der Waals surface area contributed by atoms with Gasteiger partial charge in [-0.05, 0) is 30.9 Å². The van der Waals surface area contributed by atoms with E-state index >= 15 is 0 Å². The lowest BCUT2D eigenvalue weighted by Crippen LogP contribution is -2.28. The van der Waals surface area contributed by atoms with Gasteiger partial charge in [-0.1, -0.05) is 18.2 Å². The Labute approximate surface area is 112 Å². The van der Waals surface area contributed by atoms with Crippen molar-refractivity contribution in [1.82, 2.24) is 4.72 Å². The van der Waals surface area contributed by atoms with Gasteiger partial charge in [-0.15, -0.1) is 11.6 Å². The van der Waals surface area contributed by atoms with E-state index in [1.807, 2.05) is 0 Å². The number of sulfonamides is 1. The van der Waals surface area contributed by atoms with Gasteiger partial charge in [-0.25, -0.2) is 17.5 Å². The molecule has 18 heavy (non-hydrogen) atoms. The highest BCUT2D eigenvalue weighted by atomic mass is 35.5. The average Bonchev–Trinajstić information content (AvgIpc) is 2.32. The van der Waals surface area contributed by atoms with Crippen molar-refractivity contribution in [3.8, 4) is 0 Å². The van der Waals surface area contributed by atoms with Crippen LogP contribution in [-0.2, 0) is 16.4 Å². The Morgan fingerprint density at radius 3 is 2.61 bits per heavy atom. The molecular formula is C12H17ClFNO2S. The van der Waals surface area contributed by atoms with Gasteiger partial charge in [0, 0.05) is 12.4 Å². The summed E-state index contributed by atoms with van der Waals surface area (Å²) in [5.41, 5.74) is 0.515. The van der Waals surface area contributed by atoms with Crippen molar-refractivity contribution in [2.45, 2.75) is 19.3 Å². The molecule has 0 aliphatic rings. The molecule has 0 saturated carbocycles. The largest absolute Gasteiger partial charge is 0.215 e. The molecule has 1 N–H and O–H groups in total. The Hall–Kier alpha value is -0.650. The molecule has 1 rings (SSSR count). The number of alkyl halides is 1. The summed E-state index contributed by atoms with van der Waals surface area (Å²) in [5, 5.41) is 0. The topological polar surface area (TPSA) is 46.2 Å². The lowest BCUT2D eigenvalue weighted by Gasteiger charge is -2.06. The third-order valence-corrected chi connectivity index (χ3v) is 4.21. The summed E-state index contributed by atoms with van der Waals surface area (Å²) >= 11 is 5.48. The first-order valence-corrected chi connectivity index (χ1v) is 8.00. The second kappa shape index (κ2) is 7.71. The molecule has 0 spiro atoms. The molecule has 102 valence electrons. The van der Waals surface area contributed by atoms with E-state index in [2.05, 4.69) is 4.72 Å². The maximum Gasteiger partial charge on any atom is 0.211 e. The van der Waals surface area contributed by atoms with Crippen molar-refractivity contribution in [1.29, 1.82) is 0 Å². The first-order valence-electron chi connectivity index (χ1n) is 5.82. The number of rotatable bonds is 8. The lowest BCUT2D eigenvalue weighted by atomic mass is 10.1. The number of hydrogen-bond donors (Lipinski definition) is 1. The number of hydrogen-bond acceptors (Lipinski definition) is 2. The molecule has 0 bridgehead atoms. The Kier molecular flexibility index (Phi) is 6.60. The SMILES string of the molecule is O=S(=O)(CCCCCl)NCCc1ccccc1F. The fourth-order valence-electron chi connectivity index (χ4n) is 1.50. The van der Waals surface area contributed by atoms with E-state index in [0.717, 1.165) is 0 Å². The Bertz CT molecular complexity index is 465. The van der Waals surface area contributed by atoms with Gasteiger partial charge >= 0.3 is 0 Å². The Morgan fingerprint density at radius 2 is 1.94 bits per heavy atom. The van der Waals surface area contributed by atoms with E-state index in [-0.39, 0.29) is 18.1 Å². The summed E-state index contributed by atoms with van der Waals surface area (Å²) in [5.74, 6) is 0.223.